The van der Waals surface area contributed by atoms with Gasteiger partial charge in [-0.1, -0.05) is 6.92 Å². The Balaban J connectivity index is 2.04. The molecule has 118 valence electrons. The molecule has 0 fully saturated rings. The molecule has 2 aromatic rings. The fourth-order valence-electron chi connectivity index (χ4n) is 1.88. The lowest BCUT2D eigenvalue weighted by molar-refractivity contribution is -0.141. The highest BCUT2D eigenvalue weighted by molar-refractivity contribution is 5.92. The predicted molar refractivity (Wildman–Crippen MR) is 74.0 cm³/mol. The molecular formula is C14H15F3N4O. The molecule has 1 atom stereocenters. The van der Waals surface area contributed by atoms with Gasteiger partial charge in [0.15, 0.2) is 5.69 Å². The normalized spacial score (nSPS) is 13.0. The second-order valence-corrected chi connectivity index (χ2v) is 4.98. The number of nitrogens with zero attached hydrogens (tertiary/aromatic N) is 3. The molecule has 0 unspecified atom stereocenters. The average molecular weight is 312 g/mol. The third-order valence-corrected chi connectivity index (χ3v) is 3.11. The smallest absolute Gasteiger partial charge is 0.326 e. The van der Waals surface area contributed by atoms with Gasteiger partial charge in [-0.05, 0) is 25.1 Å². The number of carbonyl (C=O) groups is 1. The fourth-order valence-corrected chi connectivity index (χ4v) is 1.88. The Morgan fingerprint density at radius 3 is 2.55 bits per heavy atom. The number of hydrogen-bond acceptors (Lipinski definition) is 3. The first kappa shape index (κ1) is 16.0. The maximum absolute atomic E-state index is 12.6. The topological polar surface area (TPSA) is 59.8 Å². The summed E-state index contributed by atoms with van der Waals surface area (Å²) in [6.07, 6.45) is -1.42. The Kier molecular flexibility index (Phi) is 4.48. The van der Waals surface area contributed by atoms with Gasteiger partial charge in [0.1, 0.15) is 0 Å². The summed E-state index contributed by atoms with van der Waals surface area (Å²) in [7, 11) is 0. The number of rotatable bonds is 4. The number of aryl methyl sites for hydroxylation is 1. The summed E-state index contributed by atoms with van der Waals surface area (Å²) in [5, 5.41) is 6.19. The minimum Gasteiger partial charge on any atom is -0.326 e. The van der Waals surface area contributed by atoms with Crippen molar-refractivity contribution >= 4 is 11.6 Å². The number of hydrogen-bond donors (Lipinski definition) is 1. The van der Waals surface area contributed by atoms with E-state index in [-0.39, 0.29) is 12.5 Å². The number of pyridine rings is 1. The standard InChI is InChI=1S/C14H15F3N4O/c1-9(13(22)19-11-3-5-18-6-4-11)8-21-10(2)7-12(20-21)14(15,16)17/h3-7,9H,8H2,1-2H3,(H,18,19,22)/t9-/m1/s1. The van der Waals surface area contributed by atoms with Crippen LogP contribution in [0.5, 0.6) is 0 Å². The van der Waals surface area contributed by atoms with Crippen molar-refractivity contribution in [3.63, 3.8) is 0 Å². The number of alkyl halides is 3. The molecule has 1 amide bonds. The van der Waals surface area contributed by atoms with E-state index in [1.165, 1.54) is 24.0 Å². The minimum atomic E-state index is -4.49. The molecule has 0 bridgehead atoms. The molecule has 0 aromatic carbocycles. The van der Waals surface area contributed by atoms with Gasteiger partial charge in [-0.25, -0.2) is 0 Å². The molecule has 0 aliphatic rings. The molecule has 0 aliphatic carbocycles. The molecule has 0 saturated carbocycles. The molecule has 0 aliphatic heterocycles. The van der Waals surface area contributed by atoms with Gasteiger partial charge >= 0.3 is 6.18 Å². The van der Waals surface area contributed by atoms with Crippen molar-refractivity contribution in [1.29, 1.82) is 0 Å². The van der Waals surface area contributed by atoms with E-state index in [4.69, 9.17) is 0 Å². The van der Waals surface area contributed by atoms with Crippen LogP contribution < -0.4 is 5.32 Å². The number of aromatic nitrogens is 3. The summed E-state index contributed by atoms with van der Waals surface area (Å²) >= 11 is 0. The number of amides is 1. The SMILES string of the molecule is Cc1cc(C(F)(F)F)nn1C[C@@H](C)C(=O)Nc1ccncc1. The minimum absolute atomic E-state index is 0.0683. The van der Waals surface area contributed by atoms with E-state index in [9.17, 15) is 18.0 Å². The summed E-state index contributed by atoms with van der Waals surface area (Å²) in [6.45, 7) is 3.22. The highest BCUT2D eigenvalue weighted by atomic mass is 19.4. The van der Waals surface area contributed by atoms with Gasteiger partial charge in [0.05, 0.1) is 12.5 Å². The van der Waals surface area contributed by atoms with Crippen molar-refractivity contribution in [1.82, 2.24) is 14.8 Å². The van der Waals surface area contributed by atoms with Crippen molar-refractivity contribution in [2.75, 3.05) is 5.32 Å². The van der Waals surface area contributed by atoms with E-state index in [1.54, 1.807) is 19.1 Å². The zero-order valence-corrected chi connectivity index (χ0v) is 12.1. The second-order valence-electron chi connectivity index (χ2n) is 4.98. The first-order valence-corrected chi connectivity index (χ1v) is 6.60. The highest BCUT2D eigenvalue weighted by Gasteiger charge is 2.34. The third-order valence-electron chi connectivity index (χ3n) is 3.11. The monoisotopic (exact) mass is 312 g/mol. The van der Waals surface area contributed by atoms with Crippen LogP contribution in [0.2, 0.25) is 0 Å². The Morgan fingerprint density at radius 2 is 2.00 bits per heavy atom. The van der Waals surface area contributed by atoms with Gasteiger partial charge in [0.2, 0.25) is 5.91 Å². The molecule has 22 heavy (non-hydrogen) atoms. The van der Waals surface area contributed by atoms with Crippen molar-refractivity contribution in [2.45, 2.75) is 26.6 Å². The fraction of sp³-hybridized carbons (Fsp3) is 0.357. The van der Waals surface area contributed by atoms with Crippen LogP contribution in [-0.2, 0) is 17.5 Å². The van der Waals surface area contributed by atoms with Crippen LogP contribution in [-0.4, -0.2) is 20.7 Å². The van der Waals surface area contributed by atoms with Crippen LogP contribution in [0.4, 0.5) is 18.9 Å². The lowest BCUT2D eigenvalue weighted by Crippen LogP contribution is -2.25. The molecule has 2 heterocycles. The van der Waals surface area contributed by atoms with Crippen LogP contribution in [0, 0.1) is 12.8 Å². The Hall–Kier alpha value is -2.38. The van der Waals surface area contributed by atoms with Crippen LogP contribution in [0.1, 0.15) is 18.3 Å². The molecule has 2 aromatic heterocycles. The van der Waals surface area contributed by atoms with E-state index in [0.29, 0.717) is 11.4 Å². The van der Waals surface area contributed by atoms with Crippen LogP contribution in [0.15, 0.2) is 30.6 Å². The highest BCUT2D eigenvalue weighted by Crippen LogP contribution is 2.28. The maximum atomic E-state index is 12.6. The molecule has 0 spiro atoms. The van der Waals surface area contributed by atoms with Gasteiger partial charge < -0.3 is 5.32 Å². The third kappa shape index (κ3) is 3.84. The summed E-state index contributed by atoms with van der Waals surface area (Å²) < 4.78 is 39.0. The quantitative estimate of drug-likeness (QED) is 0.944. The molecular weight excluding hydrogens is 297 g/mol. The van der Waals surface area contributed by atoms with Gasteiger partial charge in [-0.15, -0.1) is 0 Å². The van der Waals surface area contributed by atoms with E-state index in [1.807, 2.05) is 0 Å². The first-order valence-electron chi connectivity index (χ1n) is 6.60. The van der Waals surface area contributed by atoms with Gasteiger partial charge in [0.25, 0.3) is 0 Å². The van der Waals surface area contributed by atoms with E-state index < -0.39 is 17.8 Å². The Morgan fingerprint density at radius 1 is 1.36 bits per heavy atom. The zero-order valence-electron chi connectivity index (χ0n) is 12.1. The molecule has 0 saturated heterocycles. The van der Waals surface area contributed by atoms with Crippen molar-refractivity contribution in [3.05, 3.63) is 42.0 Å². The Labute approximate surface area is 125 Å². The second kappa shape index (κ2) is 6.17. The molecule has 8 heteroatoms. The number of carbonyl (C=O) groups excluding carboxylic acids is 1. The molecule has 0 radical (unpaired) electrons. The number of halogens is 3. The van der Waals surface area contributed by atoms with Gasteiger partial charge in [0, 0.05) is 23.8 Å². The summed E-state index contributed by atoms with van der Waals surface area (Å²) in [6, 6.07) is 4.23. The number of anilines is 1. The maximum Gasteiger partial charge on any atom is 0.435 e. The molecule has 1 N–H and O–H groups in total. The van der Waals surface area contributed by atoms with E-state index >= 15 is 0 Å². The van der Waals surface area contributed by atoms with Crippen LogP contribution in [0.25, 0.3) is 0 Å². The number of nitrogens with one attached hydrogen (secondary N) is 1. The van der Waals surface area contributed by atoms with E-state index in [0.717, 1.165) is 6.07 Å². The van der Waals surface area contributed by atoms with Gasteiger partial charge in [-0.3, -0.25) is 14.5 Å². The van der Waals surface area contributed by atoms with Crippen molar-refractivity contribution < 1.29 is 18.0 Å². The lowest BCUT2D eigenvalue weighted by Gasteiger charge is -2.13. The van der Waals surface area contributed by atoms with Gasteiger partial charge in [-0.2, -0.15) is 18.3 Å². The van der Waals surface area contributed by atoms with E-state index in [2.05, 4.69) is 15.4 Å². The van der Waals surface area contributed by atoms with Crippen molar-refractivity contribution in [2.24, 2.45) is 5.92 Å². The zero-order chi connectivity index (χ0) is 16.3. The lowest BCUT2D eigenvalue weighted by atomic mass is 10.1. The first-order chi connectivity index (χ1) is 10.3. The molecule has 2 rings (SSSR count). The predicted octanol–water partition coefficient (Wildman–Crippen LogP) is 2.88. The van der Waals surface area contributed by atoms with Crippen LogP contribution in [0.3, 0.4) is 0 Å². The average Bonchev–Trinajstić information content (AvgIpc) is 2.81. The van der Waals surface area contributed by atoms with Crippen LogP contribution >= 0.6 is 0 Å². The summed E-state index contributed by atoms with van der Waals surface area (Å²) in [5.74, 6) is -0.831. The van der Waals surface area contributed by atoms with Crippen molar-refractivity contribution in [3.8, 4) is 0 Å². The largest absolute Gasteiger partial charge is 0.435 e. The summed E-state index contributed by atoms with van der Waals surface area (Å²) in [4.78, 5) is 15.9. The molecule has 5 nitrogen and oxygen atoms in total. The Bertz CT molecular complexity index is 652. The summed E-state index contributed by atoms with van der Waals surface area (Å²) in [5.41, 5.74) is -0.0114.